The van der Waals surface area contributed by atoms with E-state index < -0.39 is 17.3 Å². The Kier molecular flexibility index (Phi) is 4.22. The van der Waals surface area contributed by atoms with E-state index >= 15 is 0 Å². The average molecular weight is 288 g/mol. The highest BCUT2D eigenvalue weighted by molar-refractivity contribution is 5.41. The molecule has 1 aliphatic carbocycles. The molecule has 1 heterocycles. The summed E-state index contributed by atoms with van der Waals surface area (Å²) in [6, 6.07) is 1.94. The summed E-state index contributed by atoms with van der Waals surface area (Å²) in [4.78, 5) is 3.94. The number of pyridine rings is 1. The lowest BCUT2D eigenvalue weighted by Gasteiger charge is -2.39. The highest BCUT2D eigenvalue weighted by atomic mass is 19.4. The van der Waals surface area contributed by atoms with Gasteiger partial charge in [-0.05, 0) is 30.9 Å². The van der Waals surface area contributed by atoms with E-state index in [9.17, 15) is 18.3 Å². The van der Waals surface area contributed by atoms with Crippen LogP contribution in [0.1, 0.15) is 38.2 Å². The molecular weight excluding hydrogens is 269 g/mol. The molecule has 2 N–H and O–H groups in total. The van der Waals surface area contributed by atoms with Crippen LogP contribution in [-0.4, -0.2) is 22.2 Å². The molecular formula is C14H19F3N2O. The Morgan fingerprint density at radius 1 is 1.50 bits per heavy atom. The number of nitrogens with zero attached hydrogens (tertiary/aromatic N) is 1. The summed E-state index contributed by atoms with van der Waals surface area (Å²) < 4.78 is 38.0. The van der Waals surface area contributed by atoms with E-state index in [0.29, 0.717) is 5.92 Å². The molecule has 1 aromatic rings. The van der Waals surface area contributed by atoms with Crippen molar-refractivity contribution in [2.24, 2.45) is 5.92 Å². The van der Waals surface area contributed by atoms with Crippen LogP contribution in [0.2, 0.25) is 0 Å². The van der Waals surface area contributed by atoms with Gasteiger partial charge in [0, 0.05) is 6.20 Å². The highest BCUT2D eigenvalue weighted by Crippen LogP contribution is 2.35. The number of halogens is 3. The second-order valence-electron chi connectivity index (χ2n) is 5.69. The maximum Gasteiger partial charge on any atom is 0.416 e. The van der Waals surface area contributed by atoms with Gasteiger partial charge in [-0.2, -0.15) is 13.2 Å². The van der Waals surface area contributed by atoms with Crippen LogP contribution < -0.4 is 5.32 Å². The second-order valence-corrected chi connectivity index (χ2v) is 5.69. The SMILES string of the molecule is CC1CCCC(CO)(Nc2cc(C(F)(F)F)ccn2)C1. The quantitative estimate of drug-likeness (QED) is 0.895. The van der Waals surface area contributed by atoms with E-state index in [1.807, 2.05) is 0 Å². The van der Waals surface area contributed by atoms with Gasteiger partial charge in [0.25, 0.3) is 0 Å². The smallest absolute Gasteiger partial charge is 0.394 e. The summed E-state index contributed by atoms with van der Waals surface area (Å²) in [5.41, 5.74) is -1.29. The number of aromatic nitrogens is 1. The van der Waals surface area contributed by atoms with Gasteiger partial charge in [0.2, 0.25) is 0 Å². The van der Waals surface area contributed by atoms with Crippen LogP contribution in [0.15, 0.2) is 18.3 Å². The summed E-state index contributed by atoms with van der Waals surface area (Å²) in [7, 11) is 0. The summed E-state index contributed by atoms with van der Waals surface area (Å²) in [5.74, 6) is 0.608. The summed E-state index contributed by atoms with van der Waals surface area (Å²) in [5, 5.41) is 12.7. The van der Waals surface area contributed by atoms with E-state index in [1.165, 1.54) is 0 Å². The van der Waals surface area contributed by atoms with Crippen molar-refractivity contribution < 1.29 is 18.3 Å². The van der Waals surface area contributed by atoms with E-state index in [0.717, 1.165) is 44.0 Å². The van der Waals surface area contributed by atoms with Crippen molar-refractivity contribution in [1.82, 2.24) is 4.98 Å². The third-order valence-corrected chi connectivity index (χ3v) is 3.87. The van der Waals surface area contributed by atoms with Gasteiger partial charge < -0.3 is 10.4 Å². The molecule has 1 aromatic heterocycles. The van der Waals surface area contributed by atoms with Crippen molar-refractivity contribution in [2.75, 3.05) is 11.9 Å². The average Bonchev–Trinajstić information content (AvgIpc) is 2.38. The first-order valence-corrected chi connectivity index (χ1v) is 6.77. The van der Waals surface area contributed by atoms with Gasteiger partial charge in [-0.25, -0.2) is 4.98 Å². The molecule has 0 bridgehead atoms. The number of alkyl halides is 3. The maximum absolute atomic E-state index is 12.7. The van der Waals surface area contributed by atoms with Crippen LogP contribution in [0.4, 0.5) is 19.0 Å². The fourth-order valence-electron chi connectivity index (χ4n) is 2.90. The Morgan fingerprint density at radius 2 is 2.25 bits per heavy atom. The fourth-order valence-corrected chi connectivity index (χ4v) is 2.90. The Bertz CT molecular complexity index is 464. The van der Waals surface area contributed by atoms with Crippen LogP contribution in [0.25, 0.3) is 0 Å². The lowest BCUT2D eigenvalue weighted by molar-refractivity contribution is -0.137. The number of hydrogen-bond donors (Lipinski definition) is 2. The number of anilines is 1. The predicted molar refractivity (Wildman–Crippen MR) is 70.3 cm³/mol. The van der Waals surface area contributed by atoms with Crippen molar-refractivity contribution in [3.05, 3.63) is 23.9 Å². The lowest BCUT2D eigenvalue weighted by Crippen LogP contribution is -2.46. The summed E-state index contributed by atoms with van der Waals surface area (Å²) >= 11 is 0. The molecule has 1 fully saturated rings. The van der Waals surface area contributed by atoms with Crippen LogP contribution in [0.5, 0.6) is 0 Å². The summed E-state index contributed by atoms with van der Waals surface area (Å²) in [6.45, 7) is 1.99. The molecule has 20 heavy (non-hydrogen) atoms. The molecule has 0 radical (unpaired) electrons. The Morgan fingerprint density at radius 3 is 2.85 bits per heavy atom. The number of aliphatic hydroxyl groups is 1. The normalized spacial score (nSPS) is 27.4. The summed E-state index contributed by atoms with van der Waals surface area (Å²) in [6.07, 6.45) is 0.272. The van der Waals surface area contributed by atoms with Crippen molar-refractivity contribution in [3.8, 4) is 0 Å². The largest absolute Gasteiger partial charge is 0.416 e. The molecule has 0 amide bonds. The molecule has 6 heteroatoms. The Hall–Kier alpha value is -1.30. The molecule has 1 saturated carbocycles. The number of nitrogens with one attached hydrogen (secondary N) is 1. The van der Waals surface area contributed by atoms with Crippen molar-refractivity contribution >= 4 is 5.82 Å². The van der Waals surface area contributed by atoms with Crippen molar-refractivity contribution in [2.45, 2.75) is 44.3 Å². The number of aliphatic hydroxyl groups excluding tert-OH is 1. The lowest BCUT2D eigenvalue weighted by atomic mass is 9.77. The maximum atomic E-state index is 12.7. The fraction of sp³-hybridized carbons (Fsp3) is 0.643. The van der Waals surface area contributed by atoms with Crippen molar-refractivity contribution in [3.63, 3.8) is 0 Å². The van der Waals surface area contributed by atoms with Gasteiger partial charge in [0.15, 0.2) is 0 Å². The zero-order valence-corrected chi connectivity index (χ0v) is 11.4. The standard InChI is InChI=1S/C14H19F3N2O/c1-10-3-2-5-13(8-10,9-20)19-12-7-11(4-6-18-12)14(15,16)17/h4,6-7,10,20H,2-3,5,8-9H2,1H3,(H,18,19). The minimum Gasteiger partial charge on any atom is -0.394 e. The van der Waals surface area contributed by atoms with Crippen LogP contribution in [0, 0.1) is 5.92 Å². The van der Waals surface area contributed by atoms with Gasteiger partial charge in [-0.1, -0.05) is 19.8 Å². The molecule has 0 aromatic carbocycles. The molecule has 1 aliphatic rings. The highest BCUT2D eigenvalue weighted by Gasteiger charge is 2.36. The van der Waals surface area contributed by atoms with Crippen LogP contribution >= 0.6 is 0 Å². The number of rotatable bonds is 3. The van der Waals surface area contributed by atoms with Crippen LogP contribution in [-0.2, 0) is 6.18 Å². The first-order chi connectivity index (χ1) is 9.35. The minimum absolute atomic E-state index is 0.102. The zero-order valence-electron chi connectivity index (χ0n) is 11.4. The van der Waals surface area contributed by atoms with Crippen LogP contribution in [0.3, 0.4) is 0 Å². The van der Waals surface area contributed by atoms with Gasteiger partial charge in [0.1, 0.15) is 5.82 Å². The molecule has 112 valence electrons. The molecule has 0 spiro atoms. The topological polar surface area (TPSA) is 45.1 Å². The van der Waals surface area contributed by atoms with Gasteiger partial charge in [-0.3, -0.25) is 0 Å². The van der Waals surface area contributed by atoms with E-state index in [4.69, 9.17) is 0 Å². The first-order valence-electron chi connectivity index (χ1n) is 6.77. The zero-order chi connectivity index (χ0) is 14.8. The monoisotopic (exact) mass is 288 g/mol. The van der Waals surface area contributed by atoms with E-state index in [1.54, 1.807) is 0 Å². The van der Waals surface area contributed by atoms with Gasteiger partial charge in [0.05, 0.1) is 17.7 Å². The predicted octanol–water partition coefficient (Wildman–Crippen LogP) is 3.45. The van der Waals surface area contributed by atoms with Gasteiger partial charge >= 0.3 is 6.18 Å². The Labute approximate surface area is 116 Å². The van der Waals surface area contributed by atoms with E-state index in [2.05, 4.69) is 17.2 Å². The molecule has 2 atom stereocenters. The third kappa shape index (κ3) is 3.42. The molecule has 2 rings (SSSR count). The van der Waals surface area contributed by atoms with Crippen molar-refractivity contribution in [1.29, 1.82) is 0 Å². The van der Waals surface area contributed by atoms with Gasteiger partial charge in [-0.15, -0.1) is 0 Å². The third-order valence-electron chi connectivity index (χ3n) is 3.87. The second kappa shape index (κ2) is 5.60. The van der Waals surface area contributed by atoms with E-state index in [-0.39, 0.29) is 12.4 Å². The Balaban J connectivity index is 2.19. The minimum atomic E-state index is -4.38. The first kappa shape index (κ1) is 15.1. The molecule has 2 unspecified atom stereocenters. The molecule has 0 saturated heterocycles. The molecule has 0 aliphatic heterocycles. The number of hydrogen-bond acceptors (Lipinski definition) is 3. The molecule has 3 nitrogen and oxygen atoms in total.